The van der Waals surface area contributed by atoms with Gasteiger partial charge < -0.3 is 10.5 Å². The molecule has 0 fully saturated rings. The summed E-state index contributed by atoms with van der Waals surface area (Å²) < 4.78 is 7.56. The lowest BCUT2D eigenvalue weighted by molar-refractivity contribution is -0.116. The van der Waals surface area contributed by atoms with E-state index in [0.29, 0.717) is 24.1 Å². The van der Waals surface area contributed by atoms with Crippen molar-refractivity contribution in [3.63, 3.8) is 0 Å². The van der Waals surface area contributed by atoms with Crippen LogP contribution < -0.4 is 15.4 Å². The first kappa shape index (κ1) is 17.0. The Balaban J connectivity index is 1.64. The Bertz CT molecular complexity index is 873. The molecule has 0 atom stereocenters. The van der Waals surface area contributed by atoms with Gasteiger partial charge in [-0.1, -0.05) is 12.1 Å². The Kier molecular flexibility index (Phi) is 4.99. The number of hydrogen-bond donors (Lipinski definition) is 1. The van der Waals surface area contributed by atoms with E-state index in [1.54, 1.807) is 15.0 Å². The molecule has 3 rings (SSSR count). The van der Waals surface area contributed by atoms with Gasteiger partial charge in [-0.3, -0.25) is 14.4 Å². The fourth-order valence-corrected chi connectivity index (χ4v) is 2.98. The van der Waals surface area contributed by atoms with Crippen molar-refractivity contribution in [1.82, 2.24) is 14.8 Å². The van der Waals surface area contributed by atoms with Gasteiger partial charge in [0.25, 0.3) is 0 Å². The summed E-state index contributed by atoms with van der Waals surface area (Å²) >= 11 is 1.31. The molecule has 3 aromatic rings. The Hall–Kier alpha value is -2.87. The van der Waals surface area contributed by atoms with Gasteiger partial charge in [-0.2, -0.15) is 5.10 Å². The standard InChI is InChI=1S/C17H19N5O2S/c1-12(23)22(16-11-25-17(18)20-16)6-7-24-15-5-3-4-13(8-15)14-9-19-21(2)10-14/h3-5,8-11H,6-7H2,1-2H3,(H2,18,20). The van der Waals surface area contributed by atoms with Crippen molar-refractivity contribution >= 4 is 28.2 Å². The predicted molar refractivity (Wildman–Crippen MR) is 98.7 cm³/mol. The van der Waals surface area contributed by atoms with E-state index in [-0.39, 0.29) is 5.91 Å². The lowest BCUT2D eigenvalue weighted by atomic mass is 10.1. The molecule has 7 nitrogen and oxygen atoms in total. The van der Waals surface area contributed by atoms with Crippen molar-refractivity contribution < 1.29 is 9.53 Å². The third-order valence-electron chi connectivity index (χ3n) is 3.62. The highest BCUT2D eigenvalue weighted by atomic mass is 32.1. The zero-order valence-corrected chi connectivity index (χ0v) is 14.9. The fourth-order valence-electron chi connectivity index (χ4n) is 2.43. The van der Waals surface area contributed by atoms with Crippen LogP contribution in [0.1, 0.15) is 6.92 Å². The molecule has 8 heteroatoms. The van der Waals surface area contributed by atoms with E-state index in [0.717, 1.165) is 16.9 Å². The number of rotatable bonds is 6. The molecule has 0 saturated heterocycles. The number of carbonyl (C=O) groups is 1. The first-order chi connectivity index (χ1) is 12.0. The average molecular weight is 357 g/mol. The van der Waals surface area contributed by atoms with E-state index in [1.807, 2.05) is 43.7 Å². The molecule has 0 spiro atoms. The van der Waals surface area contributed by atoms with Crippen molar-refractivity contribution in [3.8, 4) is 16.9 Å². The second kappa shape index (κ2) is 7.35. The van der Waals surface area contributed by atoms with Gasteiger partial charge in [0.2, 0.25) is 5.91 Å². The summed E-state index contributed by atoms with van der Waals surface area (Å²) in [4.78, 5) is 17.5. The molecule has 0 saturated carbocycles. The molecule has 0 bridgehead atoms. The summed E-state index contributed by atoms with van der Waals surface area (Å²) in [6.07, 6.45) is 3.76. The Labute approximate surface area is 149 Å². The van der Waals surface area contributed by atoms with Crippen molar-refractivity contribution in [2.75, 3.05) is 23.8 Å². The topological polar surface area (TPSA) is 86.3 Å². The number of anilines is 2. The van der Waals surface area contributed by atoms with Crippen LogP contribution in [0.2, 0.25) is 0 Å². The van der Waals surface area contributed by atoms with E-state index < -0.39 is 0 Å². The second-order valence-electron chi connectivity index (χ2n) is 5.49. The maximum atomic E-state index is 11.8. The van der Waals surface area contributed by atoms with Crippen LogP contribution in [0, 0.1) is 0 Å². The SMILES string of the molecule is CC(=O)N(CCOc1cccc(-c2cnn(C)c2)c1)c1csc(N)n1. The largest absolute Gasteiger partial charge is 0.492 e. The van der Waals surface area contributed by atoms with Gasteiger partial charge in [0.05, 0.1) is 12.7 Å². The molecule has 0 radical (unpaired) electrons. The molecule has 1 aromatic carbocycles. The van der Waals surface area contributed by atoms with E-state index >= 15 is 0 Å². The number of ether oxygens (including phenoxy) is 1. The molecule has 25 heavy (non-hydrogen) atoms. The lowest BCUT2D eigenvalue weighted by Crippen LogP contribution is -2.33. The van der Waals surface area contributed by atoms with Crippen LogP contribution in [-0.4, -0.2) is 33.8 Å². The summed E-state index contributed by atoms with van der Waals surface area (Å²) in [5.41, 5.74) is 7.69. The number of benzene rings is 1. The van der Waals surface area contributed by atoms with Crippen molar-refractivity contribution in [2.45, 2.75) is 6.92 Å². The number of carbonyl (C=O) groups excluding carboxylic acids is 1. The van der Waals surface area contributed by atoms with Gasteiger partial charge in [0.1, 0.15) is 18.2 Å². The summed E-state index contributed by atoms with van der Waals surface area (Å²) in [6.45, 7) is 2.25. The third kappa shape index (κ3) is 4.16. The molecular weight excluding hydrogens is 338 g/mol. The monoisotopic (exact) mass is 357 g/mol. The number of nitrogens with zero attached hydrogens (tertiary/aromatic N) is 4. The highest BCUT2D eigenvalue weighted by molar-refractivity contribution is 7.13. The fraction of sp³-hybridized carbons (Fsp3) is 0.235. The molecule has 130 valence electrons. The van der Waals surface area contributed by atoms with E-state index in [1.165, 1.54) is 18.3 Å². The number of aryl methyl sites for hydroxylation is 1. The van der Waals surface area contributed by atoms with Gasteiger partial charge in [0, 0.05) is 31.1 Å². The second-order valence-corrected chi connectivity index (χ2v) is 6.38. The van der Waals surface area contributed by atoms with Crippen molar-refractivity contribution in [3.05, 3.63) is 42.0 Å². The summed E-state index contributed by atoms with van der Waals surface area (Å²) in [7, 11) is 1.88. The van der Waals surface area contributed by atoms with Crippen LogP contribution in [-0.2, 0) is 11.8 Å². The molecule has 0 aliphatic carbocycles. The zero-order valence-electron chi connectivity index (χ0n) is 14.0. The van der Waals surface area contributed by atoms with Crippen molar-refractivity contribution in [2.24, 2.45) is 7.05 Å². The van der Waals surface area contributed by atoms with E-state index in [9.17, 15) is 4.79 Å². The highest BCUT2D eigenvalue weighted by Gasteiger charge is 2.14. The van der Waals surface area contributed by atoms with E-state index in [4.69, 9.17) is 10.5 Å². The van der Waals surface area contributed by atoms with Crippen LogP contribution in [0.5, 0.6) is 5.75 Å². The van der Waals surface area contributed by atoms with Crippen LogP contribution in [0.4, 0.5) is 10.9 Å². The zero-order chi connectivity index (χ0) is 17.8. The van der Waals surface area contributed by atoms with Gasteiger partial charge in [0.15, 0.2) is 5.13 Å². The number of nitrogen functional groups attached to an aromatic ring is 1. The van der Waals surface area contributed by atoms with Crippen LogP contribution >= 0.6 is 11.3 Å². The van der Waals surface area contributed by atoms with Gasteiger partial charge in [-0.05, 0) is 17.7 Å². The normalized spacial score (nSPS) is 10.6. The minimum Gasteiger partial charge on any atom is -0.492 e. The summed E-state index contributed by atoms with van der Waals surface area (Å²) in [5.74, 6) is 1.20. The summed E-state index contributed by atoms with van der Waals surface area (Å²) in [5, 5.41) is 6.38. The molecule has 2 aromatic heterocycles. The third-order valence-corrected chi connectivity index (χ3v) is 4.28. The van der Waals surface area contributed by atoms with Crippen LogP contribution in [0.3, 0.4) is 0 Å². The number of hydrogen-bond acceptors (Lipinski definition) is 6. The number of nitrogens with two attached hydrogens (primary N) is 1. The molecule has 0 aliphatic rings. The quantitative estimate of drug-likeness (QED) is 0.733. The average Bonchev–Trinajstić information content (AvgIpc) is 3.20. The summed E-state index contributed by atoms with van der Waals surface area (Å²) in [6, 6.07) is 7.78. The van der Waals surface area contributed by atoms with Gasteiger partial charge in [-0.15, -0.1) is 11.3 Å². The van der Waals surface area contributed by atoms with E-state index in [2.05, 4.69) is 10.1 Å². The van der Waals surface area contributed by atoms with Gasteiger partial charge in [-0.25, -0.2) is 4.98 Å². The molecule has 0 unspecified atom stereocenters. The number of thiazole rings is 1. The molecule has 0 aliphatic heterocycles. The Morgan fingerprint density at radius 2 is 2.24 bits per heavy atom. The number of aromatic nitrogens is 3. The Morgan fingerprint density at radius 3 is 2.88 bits per heavy atom. The molecule has 1 amide bonds. The van der Waals surface area contributed by atoms with Crippen LogP contribution in [0.25, 0.3) is 11.1 Å². The Morgan fingerprint density at radius 1 is 1.40 bits per heavy atom. The predicted octanol–water partition coefficient (Wildman–Crippen LogP) is 2.56. The maximum Gasteiger partial charge on any atom is 0.225 e. The smallest absolute Gasteiger partial charge is 0.225 e. The molecular formula is C17H19N5O2S. The minimum atomic E-state index is -0.0991. The van der Waals surface area contributed by atoms with Gasteiger partial charge >= 0.3 is 0 Å². The number of amides is 1. The van der Waals surface area contributed by atoms with Crippen LogP contribution in [0.15, 0.2) is 42.0 Å². The highest BCUT2D eigenvalue weighted by Crippen LogP contribution is 2.24. The van der Waals surface area contributed by atoms with Crippen molar-refractivity contribution in [1.29, 1.82) is 0 Å². The molecule has 2 N–H and O–H groups in total. The minimum absolute atomic E-state index is 0.0991. The maximum absolute atomic E-state index is 11.8. The first-order valence-corrected chi connectivity index (χ1v) is 8.62. The lowest BCUT2D eigenvalue weighted by Gasteiger charge is -2.18. The first-order valence-electron chi connectivity index (χ1n) is 7.74. The molecule has 2 heterocycles.